The van der Waals surface area contributed by atoms with Crippen molar-refractivity contribution in [2.24, 2.45) is 11.1 Å². The number of hydrogen-bond acceptors (Lipinski definition) is 8. The molecule has 37 heavy (non-hydrogen) atoms. The summed E-state index contributed by atoms with van der Waals surface area (Å²) in [7, 11) is 0. The summed E-state index contributed by atoms with van der Waals surface area (Å²) in [6.07, 6.45) is 2.44. The Kier molecular flexibility index (Phi) is 8.49. The zero-order valence-corrected chi connectivity index (χ0v) is 20.9. The summed E-state index contributed by atoms with van der Waals surface area (Å²) < 4.78 is 15.9. The molecule has 11 nitrogen and oxygen atoms in total. The first-order valence-electron chi connectivity index (χ1n) is 12.1. The maximum absolute atomic E-state index is 13.6. The van der Waals surface area contributed by atoms with Gasteiger partial charge in [-0.1, -0.05) is 44.2 Å². The molecule has 0 spiro atoms. The molecular formula is C26H30N6O5. The van der Waals surface area contributed by atoms with Gasteiger partial charge in [-0.05, 0) is 47.8 Å². The van der Waals surface area contributed by atoms with E-state index in [-0.39, 0.29) is 18.0 Å². The summed E-state index contributed by atoms with van der Waals surface area (Å²) in [4.78, 5) is 35.7. The number of ether oxygens (including phenoxy) is 2. The first-order valence-corrected chi connectivity index (χ1v) is 12.1. The van der Waals surface area contributed by atoms with Gasteiger partial charge in [-0.3, -0.25) is 23.4 Å². The lowest BCUT2D eigenvalue weighted by atomic mass is 10.2. The molecule has 0 aliphatic rings. The van der Waals surface area contributed by atoms with Crippen LogP contribution in [0.1, 0.15) is 32.3 Å². The Hall–Kier alpha value is -4.22. The fourth-order valence-electron chi connectivity index (χ4n) is 4.10. The number of imidazole rings is 1. The molecular weight excluding hydrogens is 476 g/mol. The minimum absolute atomic E-state index is 0.0746. The van der Waals surface area contributed by atoms with Crippen LogP contribution in [0, 0.1) is 0 Å². The topological polar surface area (TPSA) is 128 Å². The highest BCUT2D eigenvalue weighted by Crippen LogP contribution is 2.25. The second kappa shape index (κ2) is 12.2. The first kappa shape index (κ1) is 25.9. The molecule has 2 aromatic heterocycles. The zero-order valence-electron chi connectivity index (χ0n) is 20.9. The van der Waals surface area contributed by atoms with E-state index in [0.29, 0.717) is 55.3 Å². The summed E-state index contributed by atoms with van der Waals surface area (Å²) in [5.74, 6) is 5.86. The number of oxime groups is 1. The van der Waals surface area contributed by atoms with Crippen molar-refractivity contribution in [2.75, 3.05) is 0 Å². The van der Waals surface area contributed by atoms with Gasteiger partial charge in [0.05, 0.1) is 6.61 Å². The largest absolute Gasteiger partial charge is 0.442 e. The van der Waals surface area contributed by atoms with Crippen LogP contribution in [0.4, 0.5) is 0 Å². The van der Waals surface area contributed by atoms with Crippen LogP contribution < -0.4 is 21.9 Å². The SMILES string of the molecule is CCCn1c(=O)c2c(nc(-c3ccc(O/C=N/ON)cc3)n2COCc2ccccc2)n(CCC)c1=O. The van der Waals surface area contributed by atoms with Crippen LogP contribution in [0.2, 0.25) is 0 Å². The highest BCUT2D eigenvalue weighted by atomic mass is 16.8. The predicted molar refractivity (Wildman–Crippen MR) is 140 cm³/mol. The summed E-state index contributed by atoms with van der Waals surface area (Å²) in [5.41, 5.74) is 1.66. The van der Waals surface area contributed by atoms with Gasteiger partial charge < -0.3 is 9.47 Å². The van der Waals surface area contributed by atoms with Crippen molar-refractivity contribution < 1.29 is 14.4 Å². The van der Waals surface area contributed by atoms with Gasteiger partial charge in [-0.25, -0.2) is 9.78 Å². The molecule has 2 aromatic carbocycles. The van der Waals surface area contributed by atoms with Gasteiger partial charge in [0, 0.05) is 18.7 Å². The molecule has 0 amide bonds. The Morgan fingerprint density at radius 3 is 2.32 bits per heavy atom. The molecule has 0 bridgehead atoms. The third-order valence-electron chi connectivity index (χ3n) is 5.75. The summed E-state index contributed by atoms with van der Waals surface area (Å²) >= 11 is 0. The van der Waals surface area contributed by atoms with Gasteiger partial charge in [0.25, 0.3) is 5.56 Å². The maximum Gasteiger partial charge on any atom is 0.332 e. The quantitative estimate of drug-likeness (QED) is 0.177. The lowest BCUT2D eigenvalue weighted by molar-refractivity contribution is 0.0673. The van der Waals surface area contributed by atoms with Crippen LogP contribution in [0.3, 0.4) is 0 Å². The van der Waals surface area contributed by atoms with Crippen LogP contribution in [0.15, 0.2) is 69.3 Å². The number of rotatable bonds is 12. The number of nitrogens with two attached hydrogens (primary N) is 1. The number of benzene rings is 2. The molecule has 194 valence electrons. The monoisotopic (exact) mass is 506 g/mol. The fourth-order valence-corrected chi connectivity index (χ4v) is 4.10. The smallest absolute Gasteiger partial charge is 0.332 e. The Bertz CT molecular complexity index is 1470. The van der Waals surface area contributed by atoms with E-state index in [1.54, 1.807) is 33.4 Å². The van der Waals surface area contributed by atoms with E-state index in [0.717, 1.165) is 17.5 Å². The average Bonchev–Trinajstić information content (AvgIpc) is 3.29. The Balaban J connectivity index is 1.83. The third-order valence-corrected chi connectivity index (χ3v) is 5.75. The van der Waals surface area contributed by atoms with Crippen molar-refractivity contribution in [1.29, 1.82) is 0 Å². The van der Waals surface area contributed by atoms with E-state index in [2.05, 4.69) is 10.1 Å². The molecule has 0 saturated heterocycles. The molecule has 0 unspecified atom stereocenters. The van der Waals surface area contributed by atoms with Crippen molar-refractivity contribution in [1.82, 2.24) is 18.7 Å². The van der Waals surface area contributed by atoms with Crippen molar-refractivity contribution in [3.63, 3.8) is 0 Å². The second-order valence-corrected chi connectivity index (χ2v) is 8.35. The van der Waals surface area contributed by atoms with Gasteiger partial charge in [0.1, 0.15) is 18.3 Å². The molecule has 0 aliphatic carbocycles. The van der Waals surface area contributed by atoms with E-state index in [1.165, 1.54) is 4.57 Å². The zero-order chi connectivity index (χ0) is 26.2. The molecule has 4 rings (SSSR count). The number of aromatic nitrogens is 4. The Morgan fingerprint density at radius 1 is 0.946 bits per heavy atom. The van der Waals surface area contributed by atoms with Crippen LogP contribution in [-0.4, -0.2) is 25.1 Å². The van der Waals surface area contributed by atoms with Crippen LogP contribution in [0.5, 0.6) is 5.75 Å². The predicted octanol–water partition coefficient (Wildman–Crippen LogP) is 3.23. The number of nitrogens with zero attached hydrogens (tertiary/aromatic N) is 5. The lowest BCUT2D eigenvalue weighted by Crippen LogP contribution is -2.40. The molecule has 0 aliphatic heterocycles. The second-order valence-electron chi connectivity index (χ2n) is 8.35. The maximum atomic E-state index is 13.6. The summed E-state index contributed by atoms with van der Waals surface area (Å²) in [6.45, 7) is 5.10. The minimum atomic E-state index is -0.380. The van der Waals surface area contributed by atoms with E-state index in [9.17, 15) is 9.59 Å². The van der Waals surface area contributed by atoms with Crippen LogP contribution >= 0.6 is 0 Å². The molecule has 2 heterocycles. The number of fused-ring (bicyclic) bond motifs is 1. The highest BCUT2D eigenvalue weighted by Gasteiger charge is 2.22. The van der Waals surface area contributed by atoms with Gasteiger partial charge in [-0.15, -0.1) is 5.90 Å². The first-order chi connectivity index (χ1) is 18.1. The van der Waals surface area contributed by atoms with Gasteiger partial charge in [0.2, 0.25) is 6.40 Å². The van der Waals surface area contributed by atoms with Gasteiger partial charge in [-0.2, -0.15) is 0 Å². The fraction of sp³-hybridized carbons (Fsp3) is 0.308. The molecule has 0 fully saturated rings. The van der Waals surface area contributed by atoms with Gasteiger partial charge in [0.15, 0.2) is 11.2 Å². The summed E-state index contributed by atoms with van der Waals surface area (Å²) in [6, 6.07) is 16.8. The number of aryl methyl sites for hydroxylation is 1. The highest BCUT2D eigenvalue weighted by molar-refractivity contribution is 5.77. The standard InChI is InChI=1S/C26H30N6O5/c1-3-14-30-24-22(25(33)31(15-4-2)26(30)34)32(18-35-16-19-8-6-5-7-9-19)23(29-24)20-10-12-21(13-11-20)36-17-28-37-27/h5-13,17H,3-4,14-16,18,27H2,1-2H3/b28-17+. The normalized spacial score (nSPS) is 11.4. The van der Waals surface area contributed by atoms with Gasteiger partial charge >= 0.3 is 5.69 Å². The summed E-state index contributed by atoms with van der Waals surface area (Å²) in [5, 5.41) is 3.35. The third kappa shape index (κ3) is 5.63. The molecule has 11 heteroatoms. The van der Waals surface area contributed by atoms with E-state index in [4.69, 9.17) is 20.4 Å². The van der Waals surface area contributed by atoms with Crippen molar-refractivity contribution >= 4 is 17.6 Å². The molecule has 2 N–H and O–H groups in total. The van der Waals surface area contributed by atoms with Crippen molar-refractivity contribution in [3.05, 3.63) is 81.0 Å². The minimum Gasteiger partial charge on any atom is -0.442 e. The lowest BCUT2D eigenvalue weighted by Gasteiger charge is -2.13. The Morgan fingerprint density at radius 2 is 1.65 bits per heavy atom. The van der Waals surface area contributed by atoms with E-state index in [1.807, 2.05) is 44.2 Å². The van der Waals surface area contributed by atoms with Crippen LogP contribution in [-0.2, 0) is 36.1 Å². The van der Waals surface area contributed by atoms with Crippen LogP contribution in [0.25, 0.3) is 22.6 Å². The van der Waals surface area contributed by atoms with Crippen molar-refractivity contribution in [3.8, 4) is 17.1 Å². The van der Waals surface area contributed by atoms with E-state index >= 15 is 0 Å². The van der Waals surface area contributed by atoms with E-state index < -0.39 is 0 Å². The average molecular weight is 507 g/mol. The number of hydrogen-bond donors (Lipinski definition) is 1. The molecule has 0 atom stereocenters. The molecule has 4 aromatic rings. The molecule has 0 saturated carbocycles. The molecule has 0 radical (unpaired) electrons. The Labute approximate surface area is 213 Å². The van der Waals surface area contributed by atoms with Crippen molar-refractivity contribution in [2.45, 2.75) is 53.1 Å².